The van der Waals surface area contributed by atoms with Gasteiger partial charge in [0.05, 0.1) is 12.7 Å². The largest absolute Gasteiger partial charge is 0.465 e. The number of nitrogens with one attached hydrogen (secondary N) is 1. The number of hydrogen-bond donors (Lipinski definition) is 1. The summed E-state index contributed by atoms with van der Waals surface area (Å²) >= 11 is 0. The quantitative estimate of drug-likeness (QED) is 0.859. The minimum Gasteiger partial charge on any atom is -0.465 e. The molecule has 5 heteroatoms. The van der Waals surface area contributed by atoms with Crippen LogP contribution in [0.1, 0.15) is 53.5 Å². The molecule has 20 heavy (non-hydrogen) atoms. The van der Waals surface area contributed by atoms with Gasteiger partial charge in [-0.25, -0.2) is 4.79 Å². The van der Waals surface area contributed by atoms with Crippen molar-refractivity contribution >= 4 is 11.9 Å². The number of methoxy groups -OCH3 is 1. The number of rotatable bonds is 3. The molecule has 1 heterocycles. The topological polar surface area (TPSA) is 68.3 Å². The summed E-state index contributed by atoms with van der Waals surface area (Å²) in [5.41, 5.74) is 0.673. The van der Waals surface area contributed by atoms with Crippen LogP contribution in [-0.2, 0) is 4.74 Å². The van der Waals surface area contributed by atoms with Crippen LogP contribution in [0.25, 0.3) is 0 Å². The molecule has 0 spiro atoms. The Bertz CT molecular complexity index is 476. The van der Waals surface area contributed by atoms with Gasteiger partial charge in [0.2, 0.25) is 0 Å². The molecule has 1 amide bonds. The summed E-state index contributed by atoms with van der Waals surface area (Å²) < 4.78 is 4.59. The zero-order valence-corrected chi connectivity index (χ0v) is 11.9. The lowest BCUT2D eigenvalue weighted by Gasteiger charge is -2.26. The smallest absolute Gasteiger partial charge is 0.339 e. The first-order valence-corrected chi connectivity index (χ1v) is 6.95. The monoisotopic (exact) mass is 276 g/mol. The third-order valence-corrected chi connectivity index (χ3v) is 3.77. The molecule has 5 nitrogen and oxygen atoms in total. The summed E-state index contributed by atoms with van der Waals surface area (Å²) in [4.78, 5) is 27.3. The number of ether oxygens (including phenoxy) is 1. The Balaban J connectivity index is 1.94. The predicted octanol–water partition coefficient (Wildman–Crippen LogP) is 2.18. The van der Waals surface area contributed by atoms with Gasteiger partial charge >= 0.3 is 5.97 Å². The van der Waals surface area contributed by atoms with Crippen LogP contribution in [0.4, 0.5) is 0 Å². The molecule has 1 aromatic heterocycles. The fourth-order valence-corrected chi connectivity index (χ4v) is 2.43. The summed E-state index contributed by atoms with van der Waals surface area (Å²) in [6.45, 7) is 2.24. The number of carbonyl (C=O) groups is 2. The Hall–Kier alpha value is -1.91. The fraction of sp³-hybridized carbons (Fsp3) is 0.533. The summed E-state index contributed by atoms with van der Waals surface area (Å²) in [6.07, 6.45) is 5.71. The van der Waals surface area contributed by atoms with Crippen molar-refractivity contribution in [2.75, 3.05) is 7.11 Å². The SMILES string of the molecule is COC(=O)c1ccc(C(=O)NC2CCC(C)CC2)nc1. The summed E-state index contributed by atoms with van der Waals surface area (Å²) in [7, 11) is 1.31. The lowest BCUT2D eigenvalue weighted by atomic mass is 9.87. The summed E-state index contributed by atoms with van der Waals surface area (Å²) in [5.74, 6) is 0.118. The van der Waals surface area contributed by atoms with Gasteiger partial charge < -0.3 is 10.1 Å². The maximum absolute atomic E-state index is 12.1. The Morgan fingerprint density at radius 2 is 1.95 bits per heavy atom. The zero-order chi connectivity index (χ0) is 14.5. The number of amides is 1. The normalized spacial score (nSPS) is 22.1. The van der Waals surface area contributed by atoms with E-state index in [0.717, 1.165) is 31.6 Å². The minimum atomic E-state index is -0.453. The molecule has 0 atom stereocenters. The number of nitrogens with zero attached hydrogens (tertiary/aromatic N) is 1. The molecule has 0 unspecified atom stereocenters. The number of esters is 1. The Labute approximate surface area is 118 Å². The molecule has 0 radical (unpaired) electrons. The second-order valence-corrected chi connectivity index (χ2v) is 5.35. The summed E-state index contributed by atoms with van der Waals surface area (Å²) in [5, 5.41) is 3.00. The maximum Gasteiger partial charge on any atom is 0.339 e. The van der Waals surface area contributed by atoms with Crippen LogP contribution >= 0.6 is 0 Å². The number of pyridine rings is 1. The van der Waals surface area contributed by atoms with E-state index >= 15 is 0 Å². The molecule has 1 aromatic rings. The Morgan fingerprint density at radius 3 is 2.50 bits per heavy atom. The molecule has 1 fully saturated rings. The van der Waals surface area contributed by atoms with Crippen molar-refractivity contribution in [3.05, 3.63) is 29.6 Å². The van der Waals surface area contributed by atoms with E-state index in [1.165, 1.54) is 13.3 Å². The van der Waals surface area contributed by atoms with Gasteiger partial charge in [-0.3, -0.25) is 9.78 Å². The first-order chi connectivity index (χ1) is 9.60. The second-order valence-electron chi connectivity index (χ2n) is 5.35. The number of carbonyl (C=O) groups excluding carboxylic acids is 2. The van der Waals surface area contributed by atoms with Gasteiger partial charge in [-0.2, -0.15) is 0 Å². The Morgan fingerprint density at radius 1 is 1.25 bits per heavy atom. The summed E-state index contributed by atoms with van der Waals surface area (Å²) in [6, 6.07) is 3.34. The highest BCUT2D eigenvalue weighted by Gasteiger charge is 2.20. The van der Waals surface area contributed by atoms with Gasteiger partial charge in [0, 0.05) is 12.2 Å². The van der Waals surface area contributed by atoms with E-state index in [0.29, 0.717) is 11.3 Å². The molecule has 0 aliphatic heterocycles. The molecule has 1 N–H and O–H groups in total. The van der Waals surface area contributed by atoms with E-state index in [1.54, 1.807) is 12.1 Å². The highest BCUT2D eigenvalue weighted by Crippen LogP contribution is 2.23. The standard InChI is InChI=1S/C15H20N2O3/c1-10-3-6-12(7-4-10)17-14(18)13-8-5-11(9-16-13)15(19)20-2/h5,8-10,12H,3-4,6-7H2,1-2H3,(H,17,18). The van der Waals surface area contributed by atoms with E-state index in [2.05, 4.69) is 22.0 Å². The number of aromatic nitrogens is 1. The molecule has 0 aromatic carbocycles. The van der Waals surface area contributed by atoms with Crippen molar-refractivity contribution in [2.45, 2.75) is 38.6 Å². The number of hydrogen-bond acceptors (Lipinski definition) is 4. The van der Waals surface area contributed by atoms with Gasteiger partial charge in [-0.1, -0.05) is 6.92 Å². The lowest BCUT2D eigenvalue weighted by Crippen LogP contribution is -2.37. The molecule has 1 aliphatic rings. The highest BCUT2D eigenvalue weighted by atomic mass is 16.5. The van der Waals surface area contributed by atoms with Crippen molar-refractivity contribution in [3.63, 3.8) is 0 Å². The first-order valence-electron chi connectivity index (χ1n) is 6.95. The maximum atomic E-state index is 12.1. The molecule has 0 bridgehead atoms. The molecule has 1 saturated carbocycles. The van der Waals surface area contributed by atoms with Crippen molar-refractivity contribution in [3.8, 4) is 0 Å². The van der Waals surface area contributed by atoms with Gasteiger partial charge in [-0.15, -0.1) is 0 Å². The fourth-order valence-electron chi connectivity index (χ4n) is 2.43. The van der Waals surface area contributed by atoms with Crippen LogP contribution in [0, 0.1) is 5.92 Å². The van der Waals surface area contributed by atoms with E-state index in [9.17, 15) is 9.59 Å². The molecule has 0 saturated heterocycles. The third kappa shape index (κ3) is 3.56. The van der Waals surface area contributed by atoms with E-state index < -0.39 is 5.97 Å². The average Bonchev–Trinajstić information content (AvgIpc) is 2.49. The molecule has 2 rings (SSSR count). The van der Waals surface area contributed by atoms with E-state index in [1.807, 2.05) is 0 Å². The van der Waals surface area contributed by atoms with E-state index in [-0.39, 0.29) is 11.9 Å². The van der Waals surface area contributed by atoms with Crippen molar-refractivity contribution in [1.82, 2.24) is 10.3 Å². The first kappa shape index (κ1) is 14.5. The van der Waals surface area contributed by atoms with Gasteiger partial charge in [0.15, 0.2) is 0 Å². The highest BCUT2D eigenvalue weighted by molar-refractivity contribution is 5.94. The zero-order valence-electron chi connectivity index (χ0n) is 11.9. The van der Waals surface area contributed by atoms with Crippen molar-refractivity contribution in [2.24, 2.45) is 5.92 Å². The van der Waals surface area contributed by atoms with Crippen molar-refractivity contribution < 1.29 is 14.3 Å². The van der Waals surface area contributed by atoms with E-state index in [4.69, 9.17) is 0 Å². The molecular formula is C15H20N2O3. The minimum absolute atomic E-state index is 0.180. The third-order valence-electron chi connectivity index (χ3n) is 3.77. The average molecular weight is 276 g/mol. The molecule has 1 aliphatic carbocycles. The van der Waals surface area contributed by atoms with Gasteiger partial charge in [-0.05, 0) is 43.7 Å². The molecular weight excluding hydrogens is 256 g/mol. The van der Waals surface area contributed by atoms with Crippen LogP contribution in [0.5, 0.6) is 0 Å². The van der Waals surface area contributed by atoms with Gasteiger partial charge in [0.1, 0.15) is 5.69 Å². The lowest BCUT2D eigenvalue weighted by molar-refractivity contribution is 0.0599. The predicted molar refractivity (Wildman–Crippen MR) is 74.5 cm³/mol. The van der Waals surface area contributed by atoms with Crippen LogP contribution < -0.4 is 5.32 Å². The van der Waals surface area contributed by atoms with Crippen LogP contribution in [0.15, 0.2) is 18.3 Å². The molecule has 108 valence electrons. The second kappa shape index (κ2) is 6.50. The van der Waals surface area contributed by atoms with Crippen LogP contribution in [0.2, 0.25) is 0 Å². The Kier molecular flexibility index (Phi) is 4.71. The van der Waals surface area contributed by atoms with Gasteiger partial charge in [0.25, 0.3) is 5.91 Å². The van der Waals surface area contributed by atoms with Crippen LogP contribution in [-0.4, -0.2) is 30.0 Å². The van der Waals surface area contributed by atoms with Crippen molar-refractivity contribution in [1.29, 1.82) is 0 Å². The van der Waals surface area contributed by atoms with Crippen LogP contribution in [0.3, 0.4) is 0 Å².